The van der Waals surface area contributed by atoms with E-state index in [1.165, 1.54) is 0 Å². The molecular weight excluding hydrogens is 388 g/mol. The summed E-state index contributed by atoms with van der Waals surface area (Å²) in [5, 5.41) is 3.94. The van der Waals surface area contributed by atoms with Gasteiger partial charge in [-0.25, -0.2) is 0 Å². The van der Waals surface area contributed by atoms with Crippen molar-refractivity contribution in [2.75, 3.05) is 6.54 Å². The van der Waals surface area contributed by atoms with Gasteiger partial charge in [0.05, 0.1) is 0 Å². The Morgan fingerprint density at radius 2 is 1.74 bits per heavy atom. The van der Waals surface area contributed by atoms with Gasteiger partial charge >= 0.3 is 0 Å². The number of carbonyl (C=O) groups excluding carboxylic acids is 3. The van der Waals surface area contributed by atoms with Gasteiger partial charge in [0, 0.05) is 36.8 Å². The number of aromatic nitrogens is 1. The van der Waals surface area contributed by atoms with E-state index in [4.69, 9.17) is 0 Å². The zero-order valence-electron chi connectivity index (χ0n) is 18.5. The lowest BCUT2D eigenvalue weighted by molar-refractivity contribution is -0.124. The van der Waals surface area contributed by atoms with E-state index in [0.29, 0.717) is 18.7 Å². The standard InChI is InChI=1S/C26H28N2O3/c1-15-11-16(2)23(17(3)12-15)24-22(29)14-19(25(24)30)9-10-27-26(31)21-13-18-7-5-6-8-20(18)28(21)4/h5-8,11-13,19,24H,9-10,14H2,1-4H3,(H,27,31). The van der Waals surface area contributed by atoms with Crippen LogP contribution in [0.3, 0.4) is 0 Å². The van der Waals surface area contributed by atoms with Gasteiger partial charge in [0.1, 0.15) is 17.4 Å². The van der Waals surface area contributed by atoms with Crippen molar-refractivity contribution in [1.82, 2.24) is 9.88 Å². The SMILES string of the molecule is Cc1cc(C)c(C2C(=O)CC(CCNC(=O)c3cc4ccccc4n3C)C2=O)c(C)c1. The number of benzene rings is 2. The monoisotopic (exact) mass is 416 g/mol. The number of amides is 1. The van der Waals surface area contributed by atoms with Crippen LogP contribution >= 0.6 is 0 Å². The number of ketones is 2. The number of hydrogen-bond donors (Lipinski definition) is 1. The van der Waals surface area contributed by atoms with Gasteiger partial charge in [0.2, 0.25) is 0 Å². The fourth-order valence-corrected chi connectivity index (χ4v) is 5.01. The number of aryl methyl sites for hydroxylation is 4. The lowest BCUT2D eigenvalue weighted by atomic mass is 9.86. The molecule has 2 unspecified atom stereocenters. The summed E-state index contributed by atoms with van der Waals surface area (Å²) in [6.45, 7) is 6.31. The first-order chi connectivity index (χ1) is 14.8. The number of para-hydroxylation sites is 1. The predicted octanol–water partition coefficient (Wildman–Crippen LogP) is 4.17. The van der Waals surface area contributed by atoms with Crippen molar-refractivity contribution in [3.8, 4) is 0 Å². The van der Waals surface area contributed by atoms with Crippen LogP contribution in [0.25, 0.3) is 10.9 Å². The van der Waals surface area contributed by atoms with Crippen molar-refractivity contribution in [2.45, 2.75) is 39.5 Å². The van der Waals surface area contributed by atoms with Gasteiger partial charge in [-0.2, -0.15) is 0 Å². The van der Waals surface area contributed by atoms with Gasteiger partial charge in [-0.1, -0.05) is 35.9 Å². The number of nitrogens with zero attached hydrogens (tertiary/aromatic N) is 1. The van der Waals surface area contributed by atoms with E-state index in [1.54, 1.807) is 0 Å². The van der Waals surface area contributed by atoms with Crippen molar-refractivity contribution in [1.29, 1.82) is 0 Å². The molecule has 4 rings (SSSR count). The van der Waals surface area contributed by atoms with E-state index in [1.807, 2.05) is 74.9 Å². The summed E-state index contributed by atoms with van der Waals surface area (Å²) in [7, 11) is 1.87. The van der Waals surface area contributed by atoms with Crippen LogP contribution in [0.2, 0.25) is 0 Å². The van der Waals surface area contributed by atoms with Crippen LogP contribution in [0.4, 0.5) is 0 Å². The molecule has 1 aliphatic carbocycles. The summed E-state index contributed by atoms with van der Waals surface area (Å²) >= 11 is 0. The van der Waals surface area contributed by atoms with E-state index >= 15 is 0 Å². The molecule has 1 heterocycles. The average Bonchev–Trinajstić information content (AvgIpc) is 3.19. The van der Waals surface area contributed by atoms with E-state index < -0.39 is 5.92 Å². The predicted molar refractivity (Wildman–Crippen MR) is 121 cm³/mol. The first kappa shape index (κ1) is 21.0. The number of carbonyl (C=O) groups is 3. The second-order valence-electron chi connectivity index (χ2n) is 8.71. The molecular formula is C26H28N2O3. The third-order valence-electron chi connectivity index (χ3n) is 6.45. The maximum absolute atomic E-state index is 13.1. The zero-order valence-corrected chi connectivity index (χ0v) is 18.5. The van der Waals surface area contributed by atoms with Crippen LogP contribution in [-0.2, 0) is 16.6 Å². The minimum absolute atomic E-state index is 0.00920. The van der Waals surface area contributed by atoms with E-state index in [-0.39, 0.29) is 29.8 Å². The van der Waals surface area contributed by atoms with Crippen molar-refractivity contribution in [3.63, 3.8) is 0 Å². The maximum atomic E-state index is 13.1. The molecule has 5 heteroatoms. The smallest absolute Gasteiger partial charge is 0.267 e. The molecule has 3 aromatic rings. The number of hydrogen-bond acceptors (Lipinski definition) is 3. The quantitative estimate of drug-likeness (QED) is 0.635. The van der Waals surface area contributed by atoms with Crippen molar-refractivity contribution < 1.29 is 14.4 Å². The van der Waals surface area contributed by atoms with E-state index in [0.717, 1.165) is 33.2 Å². The van der Waals surface area contributed by atoms with Crippen LogP contribution in [0.5, 0.6) is 0 Å². The van der Waals surface area contributed by atoms with E-state index in [9.17, 15) is 14.4 Å². The third-order valence-corrected chi connectivity index (χ3v) is 6.45. The van der Waals surface area contributed by atoms with Gasteiger partial charge < -0.3 is 9.88 Å². The summed E-state index contributed by atoms with van der Waals surface area (Å²) in [5.74, 6) is -1.20. The molecule has 5 nitrogen and oxygen atoms in total. The molecule has 0 spiro atoms. The summed E-state index contributed by atoms with van der Waals surface area (Å²) < 4.78 is 1.87. The van der Waals surface area contributed by atoms with Crippen LogP contribution in [0.1, 0.15) is 51.5 Å². The molecule has 0 bridgehead atoms. The second-order valence-corrected chi connectivity index (χ2v) is 8.71. The molecule has 0 aliphatic heterocycles. The Hall–Kier alpha value is -3.21. The van der Waals surface area contributed by atoms with Crippen LogP contribution in [0, 0.1) is 26.7 Å². The lowest BCUT2D eigenvalue weighted by Gasteiger charge is -2.16. The molecule has 2 atom stereocenters. The number of Topliss-reactive ketones (excluding diaryl/α,β-unsaturated/α-hetero) is 2. The fraction of sp³-hybridized carbons (Fsp3) is 0.346. The van der Waals surface area contributed by atoms with Crippen molar-refractivity contribution >= 4 is 28.4 Å². The summed E-state index contributed by atoms with van der Waals surface area (Å²) in [4.78, 5) is 38.5. The van der Waals surface area contributed by atoms with Gasteiger partial charge in [-0.3, -0.25) is 14.4 Å². The normalized spacial score (nSPS) is 18.7. The van der Waals surface area contributed by atoms with Gasteiger partial charge in [-0.05, 0) is 56.0 Å². The fourth-order valence-electron chi connectivity index (χ4n) is 5.01. The van der Waals surface area contributed by atoms with Gasteiger partial charge in [0.25, 0.3) is 5.91 Å². The Labute approximate surface area is 182 Å². The minimum Gasteiger partial charge on any atom is -0.351 e. The molecule has 31 heavy (non-hydrogen) atoms. The molecule has 1 aromatic heterocycles. The van der Waals surface area contributed by atoms with Gasteiger partial charge in [-0.15, -0.1) is 0 Å². The highest BCUT2D eigenvalue weighted by atomic mass is 16.2. The largest absolute Gasteiger partial charge is 0.351 e. The summed E-state index contributed by atoms with van der Waals surface area (Å²) in [6.07, 6.45) is 0.723. The molecule has 0 saturated heterocycles. The molecule has 1 fully saturated rings. The second kappa shape index (κ2) is 8.14. The van der Waals surface area contributed by atoms with Crippen LogP contribution < -0.4 is 5.32 Å². The number of fused-ring (bicyclic) bond motifs is 1. The summed E-state index contributed by atoms with van der Waals surface area (Å²) in [6, 6.07) is 13.8. The first-order valence-electron chi connectivity index (χ1n) is 10.7. The Morgan fingerprint density at radius 3 is 2.42 bits per heavy atom. The van der Waals surface area contributed by atoms with Crippen LogP contribution in [0.15, 0.2) is 42.5 Å². The minimum atomic E-state index is -0.667. The molecule has 160 valence electrons. The molecule has 1 amide bonds. The maximum Gasteiger partial charge on any atom is 0.267 e. The van der Waals surface area contributed by atoms with Gasteiger partial charge in [0.15, 0.2) is 5.78 Å². The Bertz CT molecular complexity index is 1180. The highest BCUT2D eigenvalue weighted by Gasteiger charge is 2.42. The molecule has 0 radical (unpaired) electrons. The Balaban J connectivity index is 1.43. The first-order valence-corrected chi connectivity index (χ1v) is 10.7. The molecule has 1 aliphatic rings. The van der Waals surface area contributed by atoms with Crippen LogP contribution in [-0.4, -0.2) is 28.6 Å². The Morgan fingerprint density at radius 1 is 1.06 bits per heavy atom. The zero-order chi connectivity index (χ0) is 22.3. The Kier molecular flexibility index (Phi) is 5.52. The molecule has 1 saturated carbocycles. The topological polar surface area (TPSA) is 68.2 Å². The van der Waals surface area contributed by atoms with E-state index in [2.05, 4.69) is 5.32 Å². The summed E-state index contributed by atoms with van der Waals surface area (Å²) in [5.41, 5.74) is 5.56. The number of nitrogens with one attached hydrogen (secondary N) is 1. The van der Waals surface area contributed by atoms with Crippen molar-refractivity contribution in [3.05, 3.63) is 70.4 Å². The number of rotatable bonds is 5. The highest BCUT2D eigenvalue weighted by Crippen LogP contribution is 2.37. The molecule has 2 aromatic carbocycles. The molecule has 1 N–H and O–H groups in total. The third kappa shape index (κ3) is 3.80. The highest BCUT2D eigenvalue weighted by molar-refractivity contribution is 6.15. The average molecular weight is 417 g/mol. The van der Waals surface area contributed by atoms with Crippen molar-refractivity contribution in [2.24, 2.45) is 13.0 Å². The lowest BCUT2D eigenvalue weighted by Crippen LogP contribution is -2.28.